The lowest BCUT2D eigenvalue weighted by Gasteiger charge is -2.20. The Kier molecular flexibility index (Phi) is 3.96. The molecule has 0 radical (unpaired) electrons. The molecular formula is C13H19N3O. The first-order valence-corrected chi connectivity index (χ1v) is 6.17. The first-order valence-electron chi connectivity index (χ1n) is 6.17. The van der Waals surface area contributed by atoms with E-state index in [-0.39, 0.29) is 6.03 Å². The van der Waals surface area contributed by atoms with E-state index in [0.29, 0.717) is 12.6 Å². The van der Waals surface area contributed by atoms with Gasteiger partial charge in [0, 0.05) is 19.3 Å². The van der Waals surface area contributed by atoms with Gasteiger partial charge >= 0.3 is 6.03 Å². The lowest BCUT2D eigenvalue weighted by Crippen LogP contribution is -2.41. The molecule has 1 aromatic heterocycles. The highest BCUT2D eigenvalue weighted by Gasteiger charge is 2.19. The smallest absolute Gasteiger partial charge is 0.317 e. The van der Waals surface area contributed by atoms with Gasteiger partial charge in [0.2, 0.25) is 0 Å². The molecule has 1 aliphatic rings. The first-order chi connectivity index (χ1) is 8.25. The highest BCUT2D eigenvalue weighted by atomic mass is 16.2. The number of nitrogens with one attached hydrogen (secondary N) is 1. The van der Waals surface area contributed by atoms with E-state index in [1.54, 1.807) is 18.1 Å². The van der Waals surface area contributed by atoms with Crippen molar-refractivity contribution in [1.82, 2.24) is 15.2 Å². The lowest BCUT2D eigenvalue weighted by atomic mass is 10.2. The van der Waals surface area contributed by atoms with Crippen molar-refractivity contribution in [3.8, 4) is 0 Å². The van der Waals surface area contributed by atoms with Crippen LogP contribution < -0.4 is 5.32 Å². The van der Waals surface area contributed by atoms with Gasteiger partial charge in [0.25, 0.3) is 0 Å². The maximum atomic E-state index is 11.9. The summed E-state index contributed by atoms with van der Waals surface area (Å²) in [5, 5.41) is 3.06. The van der Waals surface area contributed by atoms with Gasteiger partial charge in [0.05, 0.1) is 12.2 Å². The molecule has 1 heterocycles. The molecule has 1 fully saturated rings. The van der Waals surface area contributed by atoms with Crippen LogP contribution in [0.2, 0.25) is 0 Å². The molecule has 0 saturated heterocycles. The molecule has 4 heteroatoms. The Morgan fingerprint density at radius 2 is 2.24 bits per heavy atom. The minimum absolute atomic E-state index is 0.00236. The van der Waals surface area contributed by atoms with E-state index in [0.717, 1.165) is 18.5 Å². The van der Waals surface area contributed by atoms with Crippen molar-refractivity contribution in [2.24, 2.45) is 0 Å². The average molecular weight is 233 g/mol. The van der Waals surface area contributed by atoms with Crippen LogP contribution in [0.3, 0.4) is 0 Å². The summed E-state index contributed by atoms with van der Waals surface area (Å²) in [6, 6.07) is 6.11. The number of pyridine rings is 1. The van der Waals surface area contributed by atoms with Gasteiger partial charge in [-0.05, 0) is 25.0 Å². The Hall–Kier alpha value is -1.58. The quantitative estimate of drug-likeness (QED) is 0.869. The molecule has 0 aromatic carbocycles. The maximum absolute atomic E-state index is 11.9. The predicted octanol–water partition coefficient (Wildman–Crippen LogP) is 2.17. The van der Waals surface area contributed by atoms with E-state index in [9.17, 15) is 4.79 Å². The number of aromatic nitrogens is 1. The molecule has 2 rings (SSSR count). The number of carbonyl (C=O) groups is 1. The number of urea groups is 1. The fourth-order valence-corrected chi connectivity index (χ4v) is 2.16. The molecule has 1 N–H and O–H groups in total. The number of nitrogens with zero attached hydrogens (tertiary/aromatic N) is 2. The van der Waals surface area contributed by atoms with Crippen LogP contribution >= 0.6 is 0 Å². The van der Waals surface area contributed by atoms with Crippen molar-refractivity contribution in [3.63, 3.8) is 0 Å². The maximum Gasteiger partial charge on any atom is 0.317 e. The second-order valence-electron chi connectivity index (χ2n) is 4.61. The number of hydrogen-bond donors (Lipinski definition) is 1. The molecule has 0 aliphatic heterocycles. The summed E-state index contributed by atoms with van der Waals surface area (Å²) in [4.78, 5) is 17.8. The van der Waals surface area contributed by atoms with Gasteiger partial charge < -0.3 is 10.2 Å². The highest BCUT2D eigenvalue weighted by Crippen LogP contribution is 2.17. The zero-order valence-electron chi connectivity index (χ0n) is 10.2. The van der Waals surface area contributed by atoms with Crippen molar-refractivity contribution in [3.05, 3.63) is 30.1 Å². The Balaban J connectivity index is 1.82. The van der Waals surface area contributed by atoms with Crippen LogP contribution in [0.25, 0.3) is 0 Å². The van der Waals surface area contributed by atoms with E-state index >= 15 is 0 Å². The van der Waals surface area contributed by atoms with Gasteiger partial charge in [-0.25, -0.2) is 4.79 Å². The number of carbonyl (C=O) groups excluding carboxylic acids is 1. The third-order valence-electron chi connectivity index (χ3n) is 3.15. The third-order valence-corrected chi connectivity index (χ3v) is 3.15. The van der Waals surface area contributed by atoms with Crippen molar-refractivity contribution in [2.75, 3.05) is 7.05 Å². The normalized spacial score (nSPS) is 15.8. The summed E-state index contributed by atoms with van der Waals surface area (Å²) in [5.41, 5.74) is 0.913. The van der Waals surface area contributed by atoms with Gasteiger partial charge in [0.15, 0.2) is 0 Å². The van der Waals surface area contributed by atoms with Crippen molar-refractivity contribution in [1.29, 1.82) is 0 Å². The SMILES string of the molecule is CN(Cc1ccccn1)C(=O)NC1CCCC1. The minimum Gasteiger partial charge on any atom is -0.335 e. The van der Waals surface area contributed by atoms with Gasteiger partial charge in [0.1, 0.15) is 0 Å². The van der Waals surface area contributed by atoms with Gasteiger partial charge in [-0.2, -0.15) is 0 Å². The Morgan fingerprint density at radius 3 is 2.88 bits per heavy atom. The van der Waals surface area contributed by atoms with Crippen LogP contribution in [0.5, 0.6) is 0 Å². The molecule has 17 heavy (non-hydrogen) atoms. The monoisotopic (exact) mass is 233 g/mol. The van der Waals surface area contributed by atoms with Crippen molar-refractivity contribution >= 4 is 6.03 Å². The third kappa shape index (κ3) is 3.44. The topological polar surface area (TPSA) is 45.2 Å². The average Bonchev–Trinajstić information content (AvgIpc) is 2.83. The molecular weight excluding hydrogens is 214 g/mol. The minimum atomic E-state index is 0.00236. The summed E-state index contributed by atoms with van der Waals surface area (Å²) in [7, 11) is 1.80. The zero-order chi connectivity index (χ0) is 12.1. The van der Waals surface area contributed by atoms with E-state index in [2.05, 4.69) is 10.3 Å². The largest absolute Gasteiger partial charge is 0.335 e. The van der Waals surface area contributed by atoms with Crippen LogP contribution in [0.15, 0.2) is 24.4 Å². The summed E-state index contributed by atoms with van der Waals surface area (Å²) >= 11 is 0. The standard InChI is InChI=1S/C13H19N3O/c1-16(10-12-8-4-5-9-14-12)13(17)15-11-6-2-3-7-11/h4-5,8-9,11H,2-3,6-7,10H2,1H3,(H,15,17). The molecule has 1 aromatic rings. The Labute approximate surface area is 102 Å². The summed E-state index contributed by atoms with van der Waals surface area (Å²) in [6.07, 6.45) is 6.44. The second-order valence-corrected chi connectivity index (χ2v) is 4.61. The van der Waals surface area contributed by atoms with Crippen molar-refractivity contribution < 1.29 is 4.79 Å². The zero-order valence-corrected chi connectivity index (χ0v) is 10.2. The van der Waals surface area contributed by atoms with Gasteiger partial charge in [-0.1, -0.05) is 18.9 Å². The summed E-state index contributed by atoms with van der Waals surface area (Å²) < 4.78 is 0. The van der Waals surface area contributed by atoms with Crippen molar-refractivity contribution in [2.45, 2.75) is 38.3 Å². The highest BCUT2D eigenvalue weighted by molar-refractivity contribution is 5.74. The van der Waals surface area contributed by atoms with Crippen LogP contribution in [-0.2, 0) is 6.54 Å². The van der Waals surface area contributed by atoms with Gasteiger partial charge in [-0.3, -0.25) is 4.98 Å². The molecule has 1 saturated carbocycles. The van der Waals surface area contributed by atoms with E-state index in [4.69, 9.17) is 0 Å². The number of amides is 2. The van der Waals surface area contributed by atoms with E-state index in [1.807, 2.05) is 18.2 Å². The van der Waals surface area contributed by atoms with Crippen LogP contribution in [0.4, 0.5) is 4.79 Å². The second kappa shape index (κ2) is 5.66. The number of rotatable bonds is 3. The van der Waals surface area contributed by atoms with Crippen LogP contribution in [-0.4, -0.2) is 29.0 Å². The predicted molar refractivity (Wildman–Crippen MR) is 66.5 cm³/mol. The molecule has 0 bridgehead atoms. The summed E-state index contributed by atoms with van der Waals surface area (Å²) in [6.45, 7) is 0.555. The van der Waals surface area contributed by atoms with Crippen LogP contribution in [0.1, 0.15) is 31.4 Å². The molecule has 0 atom stereocenters. The molecule has 0 spiro atoms. The fraction of sp³-hybridized carbons (Fsp3) is 0.538. The summed E-state index contributed by atoms with van der Waals surface area (Å²) in [5.74, 6) is 0. The Bertz CT molecular complexity index is 360. The van der Waals surface area contributed by atoms with Gasteiger partial charge in [-0.15, -0.1) is 0 Å². The first kappa shape index (κ1) is 11.9. The molecule has 92 valence electrons. The van der Waals surface area contributed by atoms with Crippen LogP contribution in [0, 0.1) is 0 Å². The molecule has 4 nitrogen and oxygen atoms in total. The fourth-order valence-electron chi connectivity index (χ4n) is 2.16. The number of hydrogen-bond acceptors (Lipinski definition) is 2. The Morgan fingerprint density at radius 1 is 1.47 bits per heavy atom. The van der Waals surface area contributed by atoms with E-state index < -0.39 is 0 Å². The molecule has 2 amide bonds. The lowest BCUT2D eigenvalue weighted by molar-refractivity contribution is 0.202. The molecule has 1 aliphatic carbocycles. The molecule has 0 unspecified atom stereocenters. The van der Waals surface area contributed by atoms with E-state index in [1.165, 1.54) is 12.8 Å².